The van der Waals surface area contributed by atoms with Gasteiger partial charge in [0.15, 0.2) is 0 Å². The first kappa shape index (κ1) is 16.0. The highest BCUT2D eigenvalue weighted by Gasteiger charge is 2.11. The van der Waals surface area contributed by atoms with Crippen molar-refractivity contribution in [3.05, 3.63) is 12.3 Å². The van der Waals surface area contributed by atoms with Crippen molar-refractivity contribution in [3.63, 3.8) is 0 Å². The molecule has 0 spiro atoms. The summed E-state index contributed by atoms with van der Waals surface area (Å²) in [7, 11) is 0. The maximum Gasteiger partial charge on any atom is 0.220 e. The molecule has 0 saturated heterocycles. The van der Waals surface area contributed by atoms with Crippen molar-refractivity contribution in [1.82, 2.24) is 5.32 Å². The number of carbonyl (C=O) groups is 1. The van der Waals surface area contributed by atoms with Gasteiger partial charge in [0.05, 0.1) is 6.04 Å². The molecule has 3 N–H and O–H groups in total. The van der Waals surface area contributed by atoms with Crippen LogP contribution in [0, 0.1) is 5.92 Å². The molecule has 0 bridgehead atoms. The Labute approximate surface area is 106 Å². The fourth-order valence-corrected chi connectivity index (χ4v) is 1.71. The first-order valence-corrected chi connectivity index (χ1v) is 6.74. The lowest BCUT2D eigenvalue weighted by atomic mass is 10.0. The smallest absolute Gasteiger partial charge is 0.220 e. The summed E-state index contributed by atoms with van der Waals surface area (Å²) < 4.78 is 0. The number of nitrogens with one attached hydrogen (secondary N) is 1. The zero-order valence-electron chi connectivity index (χ0n) is 11.6. The van der Waals surface area contributed by atoms with E-state index in [1.807, 2.05) is 6.92 Å². The van der Waals surface area contributed by atoms with E-state index in [0.29, 0.717) is 12.1 Å². The molecule has 0 rings (SSSR count). The minimum atomic E-state index is -0.0722. The number of hydrogen-bond acceptors (Lipinski definition) is 2. The molecule has 0 aliphatic heterocycles. The average molecular weight is 240 g/mol. The van der Waals surface area contributed by atoms with Crippen molar-refractivity contribution < 1.29 is 4.79 Å². The topological polar surface area (TPSA) is 55.1 Å². The highest BCUT2D eigenvalue weighted by Crippen LogP contribution is 2.12. The lowest BCUT2D eigenvalue weighted by Crippen LogP contribution is -2.37. The van der Waals surface area contributed by atoms with E-state index in [0.717, 1.165) is 25.2 Å². The molecule has 0 aromatic heterocycles. The number of carbonyl (C=O) groups excluding carboxylic acids is 1. The Morgan fingerprint density at radius 3 is 2.41 bits per heavy atom. The molecule has 1 unspecified atom stereocenters. The van der Waals surface area contributed by atoms with E-state index in [-0.39, 0.29) is 11.9 Å². The minimum Gasteiger partial charge on any atom is -0.401 e. The average Bonchev–Trinajstić information content (AvgIpc) is 2.30. The first-order chi connectivity index (χ1) is 8.01. The fourth-order valence-electron chi connectivity index (χ4n) is 1.71. The van der Waals surface area contributed by atoms with Crippen LogP contribution in [0.5, 0.6) is 0 Å². The molecule has 0 fully saturated rings. The van der Waals surface area contributed by atoms with E-state index in [9.17, 15) is 4.79 Å². The summed E-state index contributed by atoms with van der Waals surface area (Å²) in [4.78, 5) is 11.6. The summed E-state index contributed by atoms with van der Waals surface area (Å²) >= 11 is 0. The van der Waals surface area contributed by atoms with Crippen LogP contribution in [-0.2, 0) is 4.79 Å². The van der Waals surface area contributed by atoms with Gasteiger partial charge >= 0.3 is 0 Å². The maximum absolute atomic E-state index is 11.6. The monoisotopic (exact) mass is 240 g/mol. The van der Waals surface area contributed by atoms with Gasteiger partial charge in [-0.3, -0.25) is 4.79 Å². The standard InChI is InChI=1S/C14H28N2O/c1-5-11(3)9-7-8-10-14(17)16-13(6-2)12(4)15/h11,13H,4-10,15H2,1-3H3,(H,16,17)/t11?,13-/m0/s1. The van der Waals surface area contributed by atoms with Gasteiger partial charge < -0.3 is 11.1 Å². The van der Waals surface area contributed by atoms with Gasteiger partial charge in [0.2, 0.25) is 5.91 Å². The minimum absolute atomic E-state index is 0.0722. The number of nitrogens with two attached hydrogens (primary N) is 1. The Morgan fingerprint density at radius 1 is 1.29 bits per heavy atom. The van der Waals surface area contributed by atoms with Crippen molar-refractivity contribution >= 4 is 5.91 Å². The van der Waals surface area contributed by atoms with Crippen LogP contribution in [0.3, 0.4) is 0 Å². The van der Waals surface area contributed by atoms with E-state index in [4.69, 9.17) is 5.73 Å². The third-order valence-electron chi connectivity index (χ3n) is 3.24. The van der Waals surface area contributed by atoms with Crippen LogP contribution in [0.15, 0.2) is 12.3 Å². The zero-order chi connectivity index (χ0) is 13.3. The Bertz CT molecular complexity index is 238. The second-order valence-corrected chi connectivity index (χ2v) is 4.86. The Kier molecular flexibility index (Phi) is 8.55. The van der Waals surface area contributed by atoms with Crippen LogP contribution in [0.1, 0.15) is 59.3 Å². The largest absolute Gasteiger partial charge is 0.401 e. The summed E-state index contributed by atoms with van der Waals surface area (Å²) in [5.74, 6) is 0.859. The molecule has 0 aliphatic carbocycles. The number of rotatable bonds is 9. The fraction of sp³-hybridized carbons (Fsp3) is 0.786. The van der Waals surface area contributed by atoms with Gasteiger partial charge in [0.1, 0.15) is 0 Å². The molecule has 0 aromatic carbocycles. The third kappa shape index (κ3) is 7.83. The number of unbranched alkanes of at least 4 members (excludes halogenated alkanes) is 1. The Hall–Kier alpha value is -0.990. The predicted octanol–water partition coefficient (Wildman–Crippen LogP) is 2.96. The molecule has 0 aromatic rings. The summed E-state index contributed by atoms with van der Waals surface area (Å²) in [6.07, 6.45) is 5.92. The van der Waals surface area contributed by atoms with Gasteiger partial charge in [0, 0.05) is 12.1 Å². The van der Waals surface area contributed by atoms with Crippen LogP contribution in [0.25, 0.3) is 0 Å². The Balaban J connectivity index is 3.69. The van der Waals surface area contributed by atoms with E-state index < -0.39 is 0 Å². The second kappa shape index (κ2) is 9.08. The van der Waals surface area contributed by atoms with Crippen LogP contribution >= 0.6 is 0 Å². The van der Waals surface area contributed by atoms with Gasteiger partial charge in [-0.05, 0) is 18.8 Å². The molecule has 0 radical (unpaired) electrons. The molecular weight excluding hydrogens is 212 g/mol. The van der Waals surface area contributed by atoms with Crippen LogP contribution in [0.2, 0.25) is 0 Å². The van der Waals surface area contributed by atoms with Crippen molar-refractivity contribution in [2.24, 2.45) is 11.7 Å². The molecule has 17 heavy (non-hydrogen) atoms. The van der Waals surface area contributed by atoms with Crippen LogP contribution < -0.4 is 11.1 Å². The highest BCUT2D eigenvalue weighted by molar-refractivity contribution is 5.76. The van der Waals surface area contributed by atoms with E-state index in [1.165, 1.54) is 12.8 Å². The summed E-state index contributed by atoms with van der Waals surface area (Å²) in [5, 5.41) is 2.90. The molecule has 3 nitrogen and oxygen atoms in total. The quantitative estimate of drug-likeness (QED) is 0.609. The zero-order valence-corrected chi connectivity index (χ0v) is 11.6. The van der Waals surface area contributed by atoms with Crippen molar-refractivity contribution in [2.75, 3.05) is 0 Å². The van der Waals surface area contributed by atoms with Crippen LogP contribution in [-0.4, -0.2) is 11.9 Å². The van der Waals surface area contributed by atoms with Gasteiger partial charge in [-0.2, -0.15) is 0 Å². The lowest BCUT2D eigenvalue weighted by molar-refractivity contribution is -0.121. The number of hydrogen-bond donors (Lipinski definition) is 2. The maximum atomic E-state index is 11.6. The van der Waals surface area contributed by atoms with Crippen molar-refractivity contribution in [3.8, 4) is 0 Å². The molecule has 1 amide bonds. The molecular formula is C14H28N2O. The normalized spacial score (nSPS) is 14.1. The SMILES string of the molecule is C=C(N)[C@H](CC)NC(=O)CCCCC(C)CC. The predicted molar refractivity (Wildman–Crippen MR) is 73.5 cm³/mol. The molecule has 0 saturated carbocycles. The van der Waals surface area contributed by atoms with Crippen molar-refractivity contribution in [1.29, 1.82) is 0 Å². The summed E-state index contributed by atoms with van der Waals surface area (Å²) in [5.41, 5.74) is 6.14. The van der Waals surface area contributed by atoms with Gasteiger partial charge in [-0.25, -0.2) is 0 Å². The van der Waals surface area contributed by atoms with E-state index in [2.05, 4.69) is 25.7 Å². The number of amides is 1. The Morgan fingerprint density at radius 2 is 1.94 bits per heavy atom. The van der Waals surface area contributed by atoms with Gasteiger partial charge in [-0.1, -0.05) is 46.6 Å². The van der Waals surface area contributed by atoms with Gasteiger partial charge in [-0.15, -0.1) is 0 Å². The lowest BCUT2D eigenvalue weighted by Gasteiger charge is -2.16. The van der Waals surface area contributed by atoms with E-state index in [1.54, 1.807) is 0 Å². The second-order valence-electron chi connectivity index (χ2n) is 4.86. The summed E-state index contributed by atoms with van der Waals surface area (Å²) in [6, 6.07) is -0.0722. The van der Waals surface area contributed by atoms with Gasteiger partial charge in [0.25, 0.3) is 0 Å². The third-order valence-corrected chi connectivity index (χ3v) is 3.24. The van der Waals surface area contributed by atoms with Crippen molar-refractivity contribution in [2.45, 2.75) is 65.3 Å². The molecule has 0 aliphatic rings. The summed E-state index contributed by atoms with van der Waals surface area (Å²) in [6.45, 7) is 10.1. The highest BCUT2D eigenvalue weighted by atomic mass is 16.1. The molecule has 100 valence electrons. The van der Waals surface area contributed by atoms with E-state index >= 15 is 0 Å². The van der Waals surface area contributed by atoms with Crippen LogP contribution in [0.4, 0.5) is 0 Å². The molecule has 3 heteroatoms. The first-order valence-electron chi connectivity index (χ1n) is 6.74. The molecule has 0 heterocycles. The molecule has 2 atom stereocenters.